The lowest BCUT2D eigenvalue weighted by molar-refractivity contribution is 0.584. The molecule has 0 aliphatic heterocycles. The van der Waals surface area contributed by atoms with Crippen LogP contribution in [0.5, 0.6) is 0 Å². The zero-order valence-electron chi connectivity index (χ0n) is 39.6. The Morgan fingerprint density at radius 3 is 0.954 bits per heavy atom. The quantitative estimate of drug-likeness (QED) is 0.148. The maximum absolute atomic E-state index is 16.4. The number of fused-ring (bicyclic) bond motifs is 3. The van der Waals surface area contributed by atoms with Gasteiger partial charge < -0.3 is 14.4 Å². The summed E-state index contributed by atoms with van der Waals surface area (Å²) in [5.41, 5.74) is 7.31. The summed E-state index contributed by atoms with van der Waals surface area (Å²) in [4.78, 5) is 3.12. The molecule has 0 aliphatic rings. The zero-order valence-corrected chi connectivity index (χ0v) is 39.6. The fraction of sp³-hybridized carbons (Fsp3) is 0.276. The predicted molar refractivity (Wildman–Crippen MR) is 265 cm³/mol. The third kappa shape index (κ3) is 8.66. The number of hydrogen-bond donors (Lipinski definition) is 0. The van der Waals surface area contributed by atoms with Crippen LogP contribution in [0.25, 0.3) is 27.5 Å². The number of nitrogens with zero attached hydrogens (tertiary/aromatic N) is 3. The van der Waals surface area contributed by atoms with Crippen LogP contribution in [0.4, 0.5) is 51.7 Å². The van der Waals surface area contributed by atoms with Gasteiger partial charge in [-0.05, 0) is 135 Å². The van der Waals surface area contributed by atoms with E-state index in [4.69, 9.17) is 0 Å². The normalized spacial score (nSPS) is 12.6. The van der Waals surface area contributed by atoms with Crippen molar-refractivity contribution in [3.05, 3.63) is 185 Å². The van der Waals surface area contributed by atoms with Crippen molar-refractivity contribution in [2.45, 2.75) is 105 Å². The average Bonchev–Trinajstić information content (AvgIpc) is 3.55. The Labute approximate surface area is 382 Å². The molecule has 3 nitrogen and oxygen atoms in total. The highest BCUT2D eigenvalue weighted by Crippen LogP contribution is 2.47. The molecule has 334 valence electrons. The van der Waals surface area contributed by atoms with Crippen LogP contribution in [0.2, 0.25) is 0 Å². The molecule has 0 saturated carbocycles. The van der Waals surface area contributed by atoms with Gasteiger partial charge in [0.15, 0.2) is 0 Å². The van der Waals surface area contributed by atoms with E-state index >= 15 is 17.6 Å². The molecule has 1 heterocycles. The largest absolute Gasteiger partial charge is 0.309 e. The fourth-order valence-corrected chi connectivity index (χ4v) is 8.64. The van der Waals surface area contributed by atoms with Crippen LogP contribution in [0.3, 0.4) is 0 Å². The Hall–Kier alpha value is -6.34. The summed E-state index contributed by atoms with van der Waals surface area (Å²) in [5.74, 6) is -3.08. The summed E-state index contributed by atoms with van der Waals surface area (Å²) < 4.78 is 67.9. The van der Waals surface area contributed by atoms with Gasteiger partial charge in [-0.1, -0.05) is 132 Å². The van der Waals surface area contributed by atoms with Gasteiger partial charge in [-0.3, -0.25) is 0 Å². The van der Waals surface area contributed by atoms with E-state index in [2.05, 4.69) is 124 Å². The van der Waals surface area contributed by atoms with Crippen LogP contribution in [0.1, 0.15) is 105 Å². The number of para-hydroxylation sites is 2. The van der Waals surface area contributed by atoms with E-state index in [0.717, 1.165) is 32.9 Å². The maximum Gasteiger partial charge on any atom is 0.150 e. The van der Waals surface area contributed by atoms with Crippen molar-refractivity contribution in [2.75, 3.05) is 9.80 Å². The van der Waals surface area contributed by atoms with Crippen LogP contribution in [-0.4, -0.2) is 4.57 Å². The van der Waals surface area contributed by atoms with Crippen molar-refractivity contribution >= 4 is 55.9 Å². The minimum Gasteiger partial charge on any atom is -0.309 e. The Bertz CT molecular complexity index is 2820. The molecule has 0 aliphatic carbocycles. The molecule has 0 saturated heterocycles. The molecule has 7 aromatic carbocycles. The van der Waals surface area contributed by atoms with E-state index in [9.17, 15) is 0 Å². The lowest BCUT2D eigenvalue weighted by Crippen LogP contribution is -2.18. The summed E-state index contributed by atoms with van der Waals surface area (Å²) >= 11 is 0. The molecule has 65 heavy (non-hydrogen) atoms. The summed E-state index contributed by atoms with van der Waals surface area (Å²) in [6.07, 6.45) is 0. The van der Waals surface area contributed by atoms with Crippen molar-refractivity contribution in [3.63, 3.8) is 0 Å². The second kappa shape index (κ2) is 16.3. The van der Waals surface area contributed by atoms with E-state index in [-0.39, 0.29) is 33.0 Å². The predicted octanol–water partition coefficient (Wildman–Crippen LogP) is 17.5. The van der Waals surface area contributed by atoms with E-state index < -0.39 is 23.3 Å². The van der Waals surface area contributed by atoms with Crippen LogP contribution in [-0.2, 0) is 21.7 Å². The van der Waals surface area contributed by atoms with Gasteiger partial charge in [0.05, 0.1) is 28.1 Å². The SMILES string of the molecule is CC(C)(C)c1ccc(N(c2cc(N(c3ccc(C(C)(C)C)cc3)c3c(F)cccc3F)cc(-n3c4ccc(C(C)(C)C)cc4c4cc(C(C)(C)C)ccc43)c2)c2c(F)cccc2F)cc1. The molecule has 7 heteroatoms. The highest BCUT2D eigenvalue weighted by Gasteiger charge is 2.28. The Balaban J connectivity index is 1.52. The van der Waals surface area contributed by atoms with Gasteiger partial charge in [-0.25, -0.2) is 17.6 Å². The molecule has 0 bridgehead atoms. The number of hydrogen-bond acceptors (Lipinski definition) is 2. The number of anilines is 6. The molecule has 0 amide bonds. The van der Waals surface area contributed by atoms with E-state index in [0.29, 0.717) is 28.4 Å². The van der Waals surface area contributed by atoms with Crippen LogP contribution in [0.15, 0.2) is 140 Å². The van der Waals surface area contributed by atoms with Gasteiger partial charge >= 0.3 is 0 Å². The van der Waals surface area contributed by atoms with E-state index in [1.807, 2.05) is 60.7 Å². The summed E-state index contributed by atoms with van der Waals surface area (Å²) in [6.45, 7) is 25.8. The first kappa shape index (κ1) is 45.2. The topological polar surface area (TPSA) is 11.4 Å². The molecular formula is C58H59F4N3. The van der Waals surface area contributed by atoms with Crippen molar-refractivity contribution in [3.8, 4) is 5.69 Å². The first-order valence-electron chi connectivity index (χ1n) is 22.4. The van der Waals surface area contributed by atoms with E-state index in [1.54, 1.807) is 15.9 Å². The zero-order chi connectivity index (χ0) is 47.0. The van der Waals surface area contributed by atoms with Gasteiger partial charge in [0.2, 0.25) is 0 Å². The number of rotatable bonds is 7. The molecular weight excluding hydrogens is 815 g/mol. The third-order valence-electron chi connectivity index (χ3n) is 12.5. The van der Waals surface area contributed by atoms with Crippen molar-refractivity contribution < 1.29 is 17.6 Å². The summed E-state index contributed by atoms with van der Waals surface area (Å²) in [6, 6.07) is 41.6. The molecule has 0 radical (unpaired) electrons. The Kier molecular flexibility index (Phi) is 11.3. The average molecular weight is 874 g/mol. The second-order valence-corrected chi connectivity index (χ2v) is 21.4. The second-order valence-electron chi connectivity index (χ2n) is 21.4. The standard InChI is InChI=1S/C58H59F4N3/c1-55(2,3)36-19-25-40(26-20-36)63(53-47(59)15-13-16-48(53)60)42-33-43(64(54-49(61)17-14-18-50(54)62)41-27-21-37(22-28-41)56(4,5)6)35-44(34-42)65-51-29-23-38(57(7,8)9)31-45(51)46-32-39(58(10,11)12)24-30-52(46)65/h13-35H,1-12H3. The van der Waals surface area contributed by atoms with Gasteiger partial charge in [0, 0.05) is 22.1 Å². The fourth-order valence-electron chi connectivity index (χ4n) is 8.64. The van der Waals surface area contributed by atoms with E-state index in [1.165, 1.54) is 47.5 Å². The smallest absolute Gasteiger partial charge is 0.150 e. The first-order valence-corrected chi connectivity index (χ1v) is 22.4. The van der Waals surface area contributed by atoms with Crippen LogP contribution < -0.4 is 9.80 Å². The molecule has 8 rings (SSSR count). The summed E-state index contributed by atoms with van der Waals surface area (Å²) in [5, 5.41) is 2.07. The number of halogens is 4. The highest BCUT2D eigenvalue weighted by atomic mass is 19.1. The van der Waals surface area contributed by atoms with Gasteiger partial charge in [0.25, 0.3) is 0 Å². The molecule has 0 unspecified atom stereocenters. The van der Waals surface area contributed by atoms with Gasteiger partial charge in [-0.15, -0.1) is 0 Å². The maximum atomic E-state index is 16.4. The van der Waals surface area contributed by atoms with Crippen molar-refractivity contribution in [1.29, 1.82) is 0 Å². The monoisotopic (exact) mass is 873 g/mol. The molecule has 0 N–H and O–H groups in total. The number of benzene rings is 7. The van der Waals surface area contributed by atoms with Gasteiger partial charge in [-0.2, -0.15) is 0 Å². The molecule has 0 fully saturated rings. The minimum atomic E-state index is -0.770. The first-order chi connectivity index (χ1) is 30.4. The minimum absolute atomic E-state index is 0.142. The van der Waals surface area contributed by atoms with Gasteiger partial charge in [0.1, 0.15) is 34.6 Å². The molecule has 0 atom stereocenters. The Morgan fingerprint density at radius 2 is 0.646 bits per heavy atom. The number of aromatic nitrogens is 1. The lowest BCUT2D eigenvalue weighted by atomic mass is 9.85. The van der Waals surface area contributed by atoms with Crippen molar-refractivity contribution in [1.82, 2.24) is 4.57 Å². The lowest BCUT2D eigenvalue weighted by Gasteiger charge is -2.31. The Morgan fingerprint density at radius 1 is 0.338 bits per heavy atom. The van der Waals surface area contributed by atoms with Crippen molar-refractivity contribution in [2.24, 2.45) is 0 Å². The van der Waals surface area contributed by atoms with Crippen LogP contribution >= 0.6 is 0 Å². The molecule has 0 spiro atoms. The third-order valence-corrected chi connectivity index (χ3v) is 12.5. The molecule has 8 aromatic rings. The highest BCUT2D eigenvalue weighted by molar-refractivity contribution is 6.10. The van der Waals surface area contributed by atoms with Crippen LogP contribution in [0, 0.1) is 23.3 Å². The summed E-state index contributed by atoms with van der Waals surface area (Å²) in [7, 11) is 0. The molecule has 1 aromatic heterocycles.